The molecule has 2 aromatic heterocycles. The zero-order valence-electron chi connectivity index (χ0n) is 8.06. The smallest absolute Gasteiger partial charge is 0.194 e. The molecule has 0 bridgehead atoms. The van der Waals surface area contributed by atoms with Gasteiger partial charge in [-0.25, -0.2) is 0 Å². The summed E-state index contributed by atoms with van der Waals surface area (Å²) in [6.07, 6.45) is 1.92. The van der Waals surface area contributed by atoms with Crippen LogP contribution in [0.4, 0.5) is 0 Å². The van der Waals surface area contributed by atoms with E-state index < -0.39 is 0 Å². The Morgan fingerprint density at radius 2 is 2.36 bits per heavy atom. The average Bonchev–Trinajstić information content (AvgIpc) is 2.67. The molecule has 0 saturated heterocycles. The standard InChI is InChI=1S/C8H11N5S/c1-6-3-4-13(11-6)5-7-9-10-8(14)12(7)2/h3-4H,5H2,1-2H3,(H,10,14). The van der Waals surface area contributed by atoms with Crippen molar-refractivity contribution in [2.75, 3.05) is 0 Å². The third kappa shape index (κ3) is 1.60. The van der Waals surface area contributed by atoms with E-state index in [-0.39, 0.29) is 0 Å². The van der Waals surface area contributed by atoms with Crippen LogP contribution in [0.2, 0.25) is 0 Å². The van der Waals surface area contributed by atoms with Crippen LogP contribution in [0.5, 0.6) is 0 Å². The summed E-state index contributed by atoms with van der Waals surface area (Å²) in [5.41, 5.74) is 1.00. The molecule has 0 unspecified atom stereocenters. The molecule has 0 atom stereocenters. The molecular weight excluding hydrogens is 198 g/mol. The van der Waals surface area contributed by atoms with Crippen LogP contribution >= 0.6 is 12.2 Å². The Balaban J connectivity index is 2.27. The van der Waals surface area contributed by atoms with Gasteiger partial charge in [-0.05, 0) is 25.2 Å². The second kappa shape index (κ2) is 3.38. The van der Waals surface area contributed by atoms with E-state index in [1.807, 2.05) is 35.5 Å². The molecule has 0 radical (unpaired) electrons. The van der Waals surface area contributed by atoms with E-state index in [1.54, 1.807) is 0 Å². The van der Waals surface area contributed by atoms with Crippen LogP contribution in [-0.2, 0) is 13.6 Å². The lowest BCUT2D eigenvalue weighted by Crippen LogP contribution is -2.06. The lowest BCUT2D eigenvalue weighted by Gasteiger charge is -1.99. The highest BCUT2D eigenvalue weighted by Gasteiger charge is 2.03. The van der Waals surface area contributed by atoms with Gasteiger partial charge >= 0.3 is 0 Å². The quantitative estimate of drug-likeness (QED) is 0.752. The van der Waals surface area contributed by atoms with Crippen molar-refractivity contribution in [1.29, 1.82) is 0 Å². The molecule has 0 amide bonds. The van der Waals surface area contributed by atoms with Crippen LogP contribution in [0.15, 0.2) is 12.3 Å². The largest absolute Gasteiger partial charge is 0.306 e. The summed E-state index contributed by atoms with van der Waals surface area (Å²) in [6.45, 7) is 2.59. The maximum absolute atomic E-state index is 5.01. The van der Waals surface area contributed by atoms with Crippen molar-refractivity contribution in [3.63, 3.8) is 0 Å². The third-order valence-corrected chi connectivity index (χ3v) is 2.41. The second-order valence-corrected chi connectivity index (χ2v) is 3.55. The van der Waals surface area contributed by atoms with Gasteiger partial charge in [-0.3, -0.25) is 9.78 Å². The Morgan fingerprint density at radius 1 is 1.57 bits per heavy atom. The van der Waals surface area contributed by atoms with Gasteiger partial charge in [0.15, 0.2) is 10.6 Å². The summed E-state index contributed by atoms with van der Waals surface area (Å²) in [4.78, 5) is 0. The van der Waals surface area contributed by atoms with Crippen molar-refractivity contribution in [2.45, 2.75) is 13.5 Å². The molecule has 1 N–H and O–H groups in total. The predicted molar refractivity (Wildman–Crippen MR) is 54.5 cm³/mol. The van der Waals surface area contributed by atoms with Crippen LogP contribution in [-0.4, -0.2) is 24.5 Å². The first-order chi connectivity index (χ1) is 6.66. The summed E-state index contributed by atoms with van der Waals surface area (Å²) < 4.78 is 4.30. The lowest BCUT2D eigenvalue weighted by molar-refractivity contribution is 0.624. The third-order valence-electron chi connectivity index (χ3n) is 2.05. The molecule has 0 aliphatic carbocycles. The van der Waals surface area contributed by atoms with Gasteiger partial charge in [0, 0.05) is 13.2 Å². The highest BCUT2D eigenvalue weighted by atomic mass is 32.1. The van der Waals surface area contributed by atoms with Crippen molar-refractivity contribution >= 4 is 12.2 Å². The molecular formula is C8H11N5S. The van der Waals surface area contributed by atoms with E-state index in [4.69, 9.17) is 12.2 Å². The minimum atomic E-state index is 0.629. The molecule has 6 heteroatoms. The molecule has 74 valence electrons. The predicted octanol–water partition coefficient (Wildman–Crippen LogP) is 1.03. The zero-order chi connectivity index (χ0) is 10.1. The van der Waals surface area contributed by atoms with Crippen molar-refractivity contribution in [2.24, 2.45) is 7.05 Å². The number of aromatic nitrogens is 5. The number of aryl methyl sites for hydroxylation is 1. The van der Waals surface area contributed by atoms with E-state index in [2.05, 4.69) is 15.3 Å². The van der Waals surface area contributed by atoms with E-state index in [9.17, 15) is 0 Å². The van der Waals surface area contributed by atoms with Crippen molar-refractivity contribution in [3.8, 4) is 0 Å². The Bertz CT molecular complexity index is 492. The molecule has 0 fully saturated rings. The van der Waals surface area contributed by atoms with Gasteiger partial charge in [-0.1, -0.05) is 0 Å². The van der Waals surface area contributed by atoms with E-state index in [0.717, 1.165) is 11.5 Å². The van der Waals surface area contributed by atoms with E-state index in [1.165, 1.54) is 0 Å². The number of hydrogen-bond donors (Lipinski definition) is 1. The fourth-order valence-corrected chi connectivity index (χ4v) is 1.37. The van der Waals surface area contributed by atoms with Gasteiger partial charge in [-0.2, -0.15) is 10.2 Å². The van der Waals surface area contributed by atoms with Gasteiger partial charge in [0.2, 0.25) is 0 Å². The highest BCUT2D eigenvalue weighted by molar-refractivity contribution is 7.71. The lowest BCUT2D eigenvalue weighted by atomic mass is 10.5. The van der Waals surface area contributed by atoms with Crippen LogP contribution in [0, 0.1) is 11.7 Å². The van der Waals surface area contributed by atoms with Gasteiger partial charge in [0.25, 0.3) is 0 Å². The Labute approximate surface area is 86.4 Å². The van der Waals surface area contributed by atoms with E-state index >= 15 is 0 Å². The highest BCUT2D eigenvalue weighted by Crippen LogP contribution is 1.99. The maximum atomic E-state index is 5.01. The number of nitrogens with one attached hydrogen (secondary N) is 1. The van der Waals surface area contributed by atoms with E-state index in [0.29, 0.717) is 11.3 Å². The Hall–Kier alpha value is -1.43. The molecule has 0 spiro atoms. The maximum Gasteiger partial charge on any atom is 0.194 e. The fourth-order valence-electron chi connectivity index (χ4n) is 1.22. The summed E-state index contributed by atoms with van der Waals surface area (Å²) in [7, 11) is 1.89. The Kier molecular flexibility index (Phi) is 2.20. The summed E-state index contributed by atoms with van der Waals surface area (Å²) in [5.74, 6) is 0.873. The molecule has 0 aliphatic rings. The molecule has 14 heavy (non-hydrogen) atoms. The van der Waals surface area contributed by atoms with Crippen LogP contribution in [0.1, 0.15) is 11.5 Å². The summed E-state index contributed by atoms with van der Waals surface area (Å²) in [5, 5.41) is 11.1. The molecule has 0 aliphatic heterocycles. The van der Waals surface area contributed by atoms with Gasteiger partial charge in [0.05, 0.1) is 5.69 Å². The number of nitrogens with zero attached hydrogens (tertiary/aromatic N) is 4. The van der Waals surface area contributed by atoms with Crippen LogP contribution < -0.4 is 0 Å². The summed E-state index contributed by atoms with van der Waals surface area (Å²) >= 11 is 5.01. The minimum absolute atomic E-state index is 0.629. The number of rotatable bonds is 2. The first-order valence-electron chi connectivity index (χ1n) is 4.27. The molecule has 5 nitrogen and oxygen atoms in total. The summed E-state index contributed by atoms with van der Waals surface area (Å²) in [6, 6.07) is 1.96. The zero-order valence-corrected chi connectivity index (χ0v) is 8.88. The van der Waals surface area contributed by atoms with Crippen molar-refractivity contribution in [1.82, 2.24) is 24.5 Å². The molecule has 0 aromatic carbocycles. The monoisotopic (exact) mass is 209 g/mol. The fraction of sp³-hybridized carbons (Fsp3) is 0.375. The van der Waals surface area contributed by atoms with Crippen LogP contribution in [0.25, 0.3) is 0 Å². The van der Waals surface area contributed by atoms with Gasteiger partial charge in [-0.15, -0.1) is 0 Å². The number of aromatic amines is 1. The topological polar surface area (TPSA) is 51.4 Å². The molecule has 2 heterocycles. The van der Waals surface area contributed by atoms with Crippen LogP contribution in [0.3, 0.4) is 0 Å². The number of hydrogen-bond acceptors (Lipinski definition) is 3. The Morgan fingerprint density at radius 3 is 2.86 bits per heavy atom. The normalized spacial score (nSPS) is 10.7. The molecule has 2 rings (SSSR count). The van der Waals surface area contributed by atoms with Gasteiger partial charge < -0.3 is 4.57 Å². The van der Waals surface area contributed by atoms with Crippen molar-refractivity contribution in [3.05, 3.63) is 28.6 Å². The second-order valence-electron chi connectivity index (χ2n) is 3.16. The molecule has 2 aromatic rings. The first-order valence-corrected chi connectivity index (χ1v) is 4.68. The minimum Gasteiger partial charge on any atom is -0.306 e. The first kappa shape index (κ1) is 9.14. The molecule has 0 saturated carbocycles. The average molecular weight is 209 g/mol. The van der Waals surface area contributed by atoms with Crippen molar-refractivity contribution < 1.29 is 0 Å². The van der Waals surface area contributed by atoms with Gasteiger partial charge in [0.1, 0.15) is 6.54 Å². The number of H-pyrrole nitrogens is 1. The SMILES string of the molecule is Cc1ccn(Cc2n[nH]c(=S)n2C)n1.